The molecule has 1 aromatic rings. The molecular formula is C15H27N5. The predicted molar refractivity (Wildman–Crippen MR) is 79.5 cm³/mol. The van der Waals surface area contributed by atoms with E-state index in [0.717, 1.165) is 30.7 Å². The molecule has 2 N–H and O–H groups in total. The highest BCUT2D eigenvalue weighted by molar-refractivity contribution is 4.93. The molecule has 2 fully saturated rings. The number of hydrogen-bond acceptors (Lipinski definition) is 4. The summed E-state index contributed by atoms with van der Waals surface area (Å²) in [7, 11) is 1.92. The summed E-state index contributed by atoms with van der Waals surface area (Å²) in [6, 6.07) is 1.44. The van der Waals surface area contributed by atoms with Crippen molar-refractivity contribution in [3.05, 3.63) is 12.2 Å². The van der Waals surface area contributed by atoms with Crippen LogP contribution >= 0.6 is 0 Å². The summed E-state index contributed by atoms with van der Waals surface area (Å²) in [6.45, 7) is 2.21. The Kier molecular flexibility index (Phi) is 4.68. The van der Waals surface area contributed by atoms with Gasteiger partial charge in [-0.2, -0.15) is 5.10 Å². The molecule has 5 heteroatoms. The van der Waals surface area contributed by atoms with Crippen molar-refractivity contribution < 1.29 is 0 Å². The summed E-state index contributed by atoms with van der Waals surface area (Å²) >= 11 is 0. The number of rotatable bonds is 5. The van der Waals surface area contributed by atoms with Crippen LogP contribution < -0.4 is 10.6 Å². The van der Waals surface area contributed by atoms with E-state index in [0.29, 0.717) is 6.04 Å². The molecular weight excluding hydrogens is 250 g/mol. The van der Waals surface area contributed by atoms with E-state index < -0.39 is 0 Å². The SMILES string of the molecule is Cn1cnc(CCNC2CCCC2C2CCCCN2)n1. The van der Waals surface area contributed by atoms with Crippen LogP contribution in [0.2, 0.25) is 0 Å². The van der Waals surface area contributed by atoms with Gasteiger partial charge >= 0.3 is 0 Å². The van der Waals surface area contributed by atoms with E-state index in [1.165, 1.54) is 45.1 Å². The zero-order valence-corrected chi connectivity index (χ0v) is 12.5. The van der Waals surface area contributed by atoms with Gasteiger partial charge in [0.15, 0.2) is 5.82 Å². The standard InChI is InChI=1S/C15H27N5/c1-20-11-18-15(19-20)8-10-17-14-7-4-5-12(14)13-6-2-3-9-16-13/h11-14,16-17H,2-10H2,1H3. The van der Waals surface area contributed by atoms with Gasteiger partial charge in [-0.25, -0.2) is 4.98 Å². The van der Waals surface area contributed by atoms with Gasteiger partial charge in [-0.3, -0.25) is 4.68 Å². The summed E-state index contributed by atoms with van der Waals surface area (Å²) in [6.07, 6.45) is 10.9. The van der Waals surface area contributed by atoms with Gasteiger partial charge in [-0.1, -0.05) is 12.8 Å². The van der Waals surface area contributed by atoms with Gasteiger partial charge in [0.25, 0.3) is 0 Å². The molecule has 20 heavy (non-hydrogen) atoms. The minimum absolute atomic E-state index is 0.689. The molecule has 2 aliphatic rings. The minimum Gasteiger partial charge on any atom is -0.314 e. The molecule has 0 amide bonds. The smallest absolute Gasteiger partial charge is 0.151 e. The number of nitrogens with zero attached hydrogens (tertiary/aromatic N) is 3. The third-order valence-electron chi connectivity index (χ3n) is 4.84. The van der Waals surface area contributed by atoms with Gasteiger partial charge in [0.05, 0.1) is 0 Å². The summed E-state index contributed by atoms with van der Waals surface area (Å²) in [5.41, 5.74) is 0. The molecule has 0 bridgehead atoms. The molecule has 3 unspecified atom stereocenters. The van der Waals surface area contributed by atoms with Crippen LogP contribution in [0.5, 0.6) is 0 Å². The van der Waals surface area contributed by atoms with Crippen LogP contribution in [0.1, 0.15) is 44.3 Å². The number of aromatic nitrogens is 3. The quantitative estimate of drug-likeness (QED) is 0.851. The molecule has 3 rings (SSSR count). The van der Waals surface area contributed by atoms with Crippen LogP contribution in [-0.4, -0.2) is 39.9 Å². The van der Waals surface area contributed by atoms with Crippen molar-refractivity contribution in [2.45, 2.75) is 57.0 Å². The second-order valence-corrected chi connectivity index (χ2v) is 6.30. The molecule has 0 radical (unpaired) electrons. The van der Waals surface area contributed by atoms with E-state index in [1.807, 2.05) is 7.05 Å². The molecule has 0 aromatic carbocycles. The fourth-order valence-corrected chi connectivity index (χ4v) is 3.84. The first-order valence-electron chi connectivity index (χ1n) is 8.14. The molecule has 1 aromatic heterocycles. The highest BCUT2D eigenvalue weighted by atomic mass is 15.3. The summed E-state index contributed by atoms with van der Waals surface area (Å²) in [5.74, 6) is 1.78. The lowest BCUT2D eigenvalue weighted by atomic mass is 9.88. The van der Waals surface area contributed by atoms with Crippen molar-refractivity contribution in [2.75, 3.05) is 13.1 Å². The Hall–Kier alpha value is -0.940. The minimum atomic E-state index is 0.689. The monoisotopic (exact) mass is 277 g/mol. The fourth-order valence-electron chi connectivity index (χ4n) is 3.84. The summed E-state index contributed by atoms with van der Waals surface area (Å²) < 4.78 is 1.78. The number of aryl methyl sites for hydroxylation is 1. The van der Waals surface area contributed by atoms with Crippen molar-refractivity contribution in [1.29, 1.82) is 0 Å². The van der Waals surface area contributed by atoms with Crippen molar-refractivity contribution in [3.63, 3.8) is 0 Å². The molecule has 3 atom stereocenters. The second-order valence-electron chi connectivity index (χ2n) is 6.30. The number of piperidine rings is 1. The first-order valence-corrected chi connectivity index (χ1v) is 8.14. The zero-order valence-electron chi connectivity index (χ0n) is 12.5. The maximum absolute atomic E-state index is 4.34. The molecule has 0 spiro atoms. The number of hydrogen-bond donors (Lipinski definition) is 2. The molecule has 112 valence electrons. The van der Waals surface area contributed by atoms with Crippen LogP contribution in [0.25, 0.3) is 0 Å². The Morgan fingerprint density at radius 3 is 3.00 bits per heavy atom. The fraction of sp³-hybridized carbons (Fsp3) is 0.867. The van der Waals surface area contributed by atoms with Crippen molar-refractivity contribution in [3.8, 4) is 0 Å². The predicted octanol–water partition coefficient (Wildman–Crippen LogP) is 1.26. The zero-order chi connectivity index (χ0) is 13.8. The average Bonchev–Trinajstić information content (AvgIpc) is 3.09. The third kappa shape index (κ3) is 3.38. The van der Waals surface area contributed by atoms with Gasteiger partial charge < -0.3 is 10.6 Å². The Bertz CT molecular complexity index is 410. The van der Waals surface area contributed by atoms with Crippen LogP contribution in [-0.2, 0) is 13.5 Å². The Balaban J connectivity index is 1.46. The number of nitrogens with one attached hydrogen (secondary N) is 2. The van der Waals surface area contributed by atoms with E-state index in [2.05, 4.69) is 20.7 Å². The van der Waals surface area contributed by atoms with Gasteiger partial charge in [0.1, 0.15) is 6.33 Å². The van der Waals surface area contributed by atoms with Gasteiger partial charge in [-0.05, 0) is 38.1 Å². The van der Waals surface area contributed by atoms with E-state index in [4.69, 9.17) is 0 Å². The average molecular weight is 277 g/mol. The lowest BCUT2D eigenvalue weighted by molar-refractivity contribution is 0.258. The van der Waals surface area contributed by atoms with E-state index in [-0.39, 0.29) is 0 Å². The Labute approximate surface area is 121 Å². The van der Waals surface area contributed by atoms with Gasteiger partial charge in [0, 0.05) is 32.1 Å². The highest BCUT2D eigenvalue weighted by Crippen LogP contribution is 2.31. The Morgan fingerprint density at radius 1 is 1.30 bits per heavy atom. The highest BCUT2D eigenvalue weighted by Gasteiger charge is 2.33. The van der Waals surface area contributed by atoms with Gasteiger partial charge in [-0.15, -0.1) is 0 Å². The van der Waals surface area contributed by atoms with Crippen LogP contribution in [0.4, 0.5) is 0 Å². The van der Waals surface area contributed by atoms with Crippen molar-refractivity contribution in [2.24, 2.45) is 13.0 Å². The topological polar surface area (TPSA) is 54.8 Å². The molecule has 1 saturated heterocycles. The van der Waals surface area contributed by atoms with E-state index in [9.17, 15) is 0 Å². The largest absolute Gasteiger partial charge is 0.314 e. The Morgan fingerprint density at radius 2 is 2.25 bits per heavy atom. The normalized spacial score (nSPS) is 30.8. The van der Waals surface area contributed by atoms with Crippen molar-refractivity contribution in [1.82, 2.24) is 25.4 Å². The first kappa shape index (κ1) is 14.0. The summed E-state index contributed by atoms with van der Waals surface area (Å²) in [4.78, 5) is 4.29. The maximum Gasteiger partial charge on any atom is 0.151 e. The summed E-state index contributed by atoms with van der Waals surface area (Å²) in [5, 5.41) is 11.8. The van der Waals surface area contributed by atoms with E-state index in [1.54, 1.807) is 11.0 Å². The lowest BCUT2D eigenvalue weighted by Gasteiger charge is -2.33. The van der Waals surface area contributed by atoms with E-state index >= 15 is 0 Å². The third-order valence-corrected chi connectivity index (χ3v) is 4.84. The van der Waals surface area contributed by atoms with Crippen LogP contribution in [0.3, 0.4) is 0 Å². The van der Waals surface area contributed by atoms with Crippen LogP contribution in [0.15, 0.2) is 6.33 Å². The maximum atomic E-state index is 4.34. The second kappa shape index (κ2) is 6.68. The van der Waals surface area contributed by atoms with Gasteiger partial charge in [0.2, 0.25) is 0 Å². The first-order chi connectivity index (χ1) is 9.83. The molecule has 5 nitrogen and oxygen atoms in total. The molecule has 1 aliphatic heterocycles. The molecule has 1 aliphatic carbocycles. The lowest BCUT2D eigenvalue weighted by Crippen LogP contribution is -2.47. The van der Waals surface area contributed by atoms with Crippen LogP contribution in [0, 0.1) is 5.92 Å². The molecule has 2 heterocycles. The van der Waals surface area contributed by atoms with Crippen molar-refractivity contribution >= 4 is 0 Å². The molecule has 1 saturated carbocycles.